The number of carbonyl (C=O) groups excluding carboxylic acids is 3. The Kier molecular flexibility index (Phi) is 10.5. The van der Waals surface area contributed by atoms with Gasteiger partial charge < -0.3 is 25.4 Å². The Bertz CT molecular complexity index is 773. The van der Waals surface area contributed by atoms with E-state index in [1.807, 2.05) is 0 Å². The van der Waals surface area contributed by atoms with Gasteiger partial charge in [0.2, 0.25) is 11.8 Å². The molecule has 0 saturated heterocycles. The summed E-state index contributed by atoms with van der Waals surface area (Å²) in [5.74, 6) is -0.761. The standard InChI is InChI=1S/C24H39N3O5/c1-8-9-10-14-25-21(29)20(18-12-11-13-19(28)15-18)27(16(2)3)22(30)17(4)26-23(31)32-24(5,6)7/h11-13,15-17,20,28H,8-10,14H2,1-7H3,(H,25,29)(H,26,31). The van der Waals surface area contributed by atoms with E-state index in [-0.39, 0.29) is 17.7 Å². The lowest BCUT2D eigenvalue weighted by Gasteiger charge is -2.36. The minimum Gasteiger partial charge on any atom is -0.508 e. The number of nitrogens with one attached hydrogen (secondary N) is 2. The van der Waals surface area contributed by atoms with Gasteiger partial charge in [0.05, 0.1) is 0 Å². The molecule has 2 atom stereocenters. The van der Waals surface area contributed by atoms with Crippen LogP contribution in [0.15, 0.2) is 24.3 Å². The number of phenols is 1. The second-order valence-electron chi connectivity index (χ2n) is 9.20. The second kappa shape index (κ2) is 12.3. The Morgan fingerprint density at radius 1 is 1.12 bits per heavy atom. The quantitative estimate of drug-likeness (QED) is 0.470. The minimum atomic E-state index is -0.959. The molecule has 1 rings (SSSR count). The maximum Gasteiger partial charge on any atom is 0.408 e. The number of ether oxygens (including phenoxy) is 1. The number of carbonyl (C=O) groups is 3. The van der Waals surface area contributed by atoms with Crippen LogP contribution in [-0.2, 0) is 14.3 Å². The van der Waals surface area contributed by atoms with Crippen LogP contribution in [0.5, 0.6) is 5.75 Å². The van der Waals surface area contributed by atoms with Crippen molar-refractivity contribution in [2.75, 3.05) is 6.54 Å². The number of unbranched alkanes of at least 4 members (excludes halogenated alkanes) is 2. The average molecular weight is 450 g/mol. The number of alkyl carbamates (subject to hydrolysis) is 1. The van der Waals surface area contributed by atoms with Gasteiger partial charge in [-0.2, -0.15) is 0 Å². The molecule has 2 unspecified atom stereocenters. The molecule has 0 radical (unpaired) electrons. The lowest BCUT2D eigenvalue weighted by molar-refractivity contribution is -0.144. The summed E-state index contributed by atoms with van der Waals surface area (Å²) in [4.78, 5) is 40.2. The van der Waals surface area contributed by atoms with E-state index in [1.54, 1.807) is 53.7 Å². The van der Waals surface area contributed by atoms with Crippen LogP contribution in [0.3, 0.4) is 0 Å². The third-order valence-corrected chi connectivity index (χ3v) is 4.71. The topological polar surface area (TPSA) is 108 Å². The van der Waals surface area contributed by atoms with Gasteiger partial charge in [0, 0.05) is 12.6 Å². The Morgan fingerprint density at radius 2 is 1.78 bits per heavy atom. The van der Waals surface area contributed by atoms with Crippen molar-refractivity contribution in [3.05, 3.63) is 29.8 Å². The lowest BCUT2D eigenvalue weighted by atomic mass is 10.0. The highest BCUT2D eigenvalue weighted by Gasteiger charge is 2.36. The summed E-state index contributed by atoms with van der Waals surface area (Å²) in [6.07, 6.45) is 2.14. The number of phenolic OH excluding ortho intramolecular Hbond substituents is 1. The first-order valence-electron chi connectivity index (χ1n) is 11.3. The van der Waals surface area contributed by atoms with Crippen LogP contribution < -0.4 is 10.6 Å². The van der Waals surface area contributed by atoms with E-state index in [0.29, 0.717) is 12.1 Å². The zero-order chi connectivity index (χ0) is 24.5. The molecule has 3 N–H and O–H groups in total. The van der Waals surface area contributed by atoms with Gasteiger partial charge >= 0.3 is 6.09 Å². The van der Waals surface area contributed by atoms with Crippen LogP contribution in [0.25, 0.3) is 0 Å². The van der Waals surface area contributed by atoms with E-state index in [4.69, 9.17) is 4.74 Å². The summed E-state index contributed by atoms with van der Waals surface area (Å²) in [6.45, 7) is 12.9. The van der Waals surface area contributed by atoms with Crippen molar-refractivity contribution in [3.63, 3.8) is 0 Å². The summed E-state index contributed by atoms with van der Waals surface area (Å²) in [5, 5.41) is 15.4. The Hall–Kier alpha value is -2.77. The van der Waals surface area contributed by atoms with E-state index in [2.05, 4.69) is 17.6 Å². The predicted molar refractivity (Wildman–Crippen MR) is 124 cm³/mol. The van der Waals surface area contributed by atoms with Crippen molar-refractivity contribution in [1.82, 2.24) is 15.5 Å². The lowest BCUT2D eigenvalue weighted by Crippen LogP contribution is -2.54. The van der Waals surface area contributed by atoms with E-state index in [1.165, 1.54) is 17.0 Å². The fraction of sp³-hybridized carbons (Fsp3) is 0.625. The molecule has 0 aliphatic heterocycles. The van der Waals surface area contributed by atoms with Crippen LogP contribution in [0.4, 0.5) is 4.79 Å². The second-order valence-corrected chi connectivity index (χ2v) is 9.20. The molecule has 0 bridgehead atoms. The molecule has 0 spiro atoms. The Morgan fingerprint density at radius 3 is 2.31 bits per heavy atom. The molecule has 0 fully saturated rings. The fourth-order valence-corrected chi connectivity index (χ4v) is 3.27. The third-order valence-electron chi connectivity index (χ3n) is 4.71. The van der Waals surface area contributed by atoms with E-state index in [0.717, 1.165) is 19.3 Å². The molecule has 0 aliphatic carbocycles. The van der Waals surface area contributed by atoms with E-state index in [9.17, 15) is 19.5 Å². The van der Waals surface area contributed by atoms with Crippen LogP contribution in [0, 0.1) is 0 Å². The van der Waals surface area contributed by atoms with Gasteiger partial charge in [-0.25, -0.2) is 4.79 Å². The highest BCUT2D eigenvalue weighted by atomic mass is 16.6. The van der Waals surface area contributed by atoms with Crippen molar-refractivity contribution in [2.24, 2.45) is 0 Å². The molecule has 0 heterocycles. The number of benzene rings is 1. The zero-order valence-corrected chi connectivity index (χ0v) is 20.4. The Labute approximate surface area is 191 Å². The molecule has 3 amide bonds. The molecule has 1 aromatic rings. The molecular formula is C24H39N3O5. The fourth-order valence-electron chi connectivity index (χ4n) is 3.27. The zero-order valence-electron chi connectivity index (χ0n) is 20.4. The molecular weight excluding hydrogens is 410 g/mol. The molecule has 32 heavy (non-hydrogen) atoms. The summed E-state index contributed by atoms with van der Waals surface area (Å²) in [7, 11) is 0. The number of aromatic hydroxyl groups is 1. The molecule has 0 aromatic heterocycles. The maximum absolute atomic E-state index is 13.4. The summed E-state index contributed by atoms with van der Waals surface area (Å²) in [6, 6.07) is 4.09. The van der Waals surface area contributed by atoms with Crippen molar-refractivity contribution >= 4 is 17.9 Å². The van der Waals surface area contributed by atoms with E-state index < -0.39 is 29.7 Å². The molecule has 1 aromatic carbocycles. The summed E-state index contributed by atoms with van der Waals surface area (Å²) in [5.41, 5.74) is -0.211. The van der Waals surface area contributed by atoms with Crippen LogP contribution in [-0.4, -0.2) is 52.1 Å². The first-order valence-corrected chi connectivity index (χ1v) is 11.3. The number of nitrogens with zero attached hydrogens (tertiary/aromatic N) is 1. The molecule has 8 heteroatoms. The first-order chi connectivity index (χ1) is 14.9. The largest absolute Gasteiger partial charge is 0.508 e. The van der Waals surface area contributed by atoms with Gasteiger partial charge in [-0.15, -0.1) is 0 Å². The maximum atomic E-state index is 13.4. The van der Waals surface area contributed by atoms with Gasteiger partial charge in [0.15, 0.2) is 0 Å². The molecule has 180 valence electrons. The number of amides is 3. The van der Waals surface area contributed by atoms with E-state index >= 15 is 0 Å². The Balaban J connectivity index is 3.18. The SMILES string of the molecule is CCCCCNC(=O)C(c1cccc(O)c1)N(C(=O)C(C)NC(=O)OC(C)(C)C)C(C)C. The van der Waals surface area contributed by atoms with Crippen LogP contribution >= 0.6 is 0 Å². The van der Waals surface area contributed by atoms with Crippen LogP contribution in [0.2, 0.25) is 0 Å². The highest BCUT2D eigenvalue weighted by Crippen LogP contribution is 2.27. The van der Waals surface area contributed by atoms with Gasteiger partial charge in [0.1, 0.15) is 23.4 Å². The van der Waals surface area contributed by atoms with Crippen molar-refractivity contribution in [1.29, 1.82) is 0 Å². The normalized spacial score (nSPS) is 13.2. The van der Waals surface area contributed by atoms with Gasteiger partial charge in [0.25, 0.3) is 0 Å². The van der Waals surface area contributed by atoms with Gasteiger partial charge in [-0.1, -0.05) is 31.9 Å². The van der Waals surface area contributed by atoms with Crippen molar-refractivity contribution < 1.29 is 24.2 Å². The highest BCUT2D eigenvalue weighted by molar-refractivity contribution is 5.92. The predicted octanol–water partition coefficient (Wildman–Crippen LogP) is 3.89. The monoisotopic (exact) mass is 449 g/mol. The number of hydrogen-bond donors (Lipinski definition) is 3. The van der Waals surface area contributed by atoms with Crippen LogP contribution in [0.1, 0.15) is 79.3 Å². The average Bonchev–Trinajstić information content (AvgIpc) is 2.66. The molecule has 0 aliphatic rings. The summed E-state index contributed by atoms with van der Waals surface area (Å²) < 4.78 is 5.25. The number of hydrogen-bond acceptors (Lipinski definition) is 5. The summed E-state index contributed by atoms with van der Waals surface area (Å²) >= 11 is 0. The van der Waals surface area contributed by atoms with Crippen molar-refractivity contribution in [3.8, 4) is 5.75 Å². The molecule has 0 saturated carbocycles. The van der Waals surface area contributed by atoms with Crippen molar-refractivity contribution in [2.45, 2.75) is 91.5 Å². The number of rotatable bonds is 10. The molecule has 8 nitrogen and oxygen atoms in total. The van der Waals surface area contributed by atoms with Gasteiger partial charge in [-0.05, 0) is 65.7 Å². The smallest absolute Gasteiger partial charge is 0.408 e. The first kappa shape index (κ1) is 27.3. The van der Waals surface area contributed by atoms with Gasteiger partial charge in [-0.3, -0.25) is 9.59 Å². The minimum absolute atomic E-state index is 0.00219. The third kappa shape index (κ3) is 8.77.